The number of amides is 1. The molecule has 1 aromatic carbocycles. The van der Waals surface area contributed by atoms with E-state index in [1.807, 2.05) is 0 Å². The Morgan fingerprint density at radius 1 is 1.27 bits per heavy atom. The summed E-state index contributed by atoms with van der Waals surface area (Å²) in [4.78, 5) is 17.1. The summed E-state index contributed by atoms with van der Waals surface area (Å²) < 4.78 is 5.65. The smallest absolute Gasteiger partial charge is 0.249 e. The zero-order chi connectivity index (χ0) is 18.4. The Balaban J connectivity index is 1.43. The highest BCUT2D eigenvalue weighted by atomic mass is 16.5. The monoisotopic (exact) mass is 360 g/mol. The molecule has 3 rings (SSSR count). The van der Waals surface area contributed by atoms with E-state index in [0.29, 0.717) is 19.1 Å². The molecule has 0 aromatic heterocycles. The number of benzene rings is 1. The molecule has 2 fully saturated rings. The van der Waals surface area contributed by atoms with E-state index >= 15 is 0 Å². The Hall–Kier alpha value is -1.47. The summed E-state index contributed by atoms with van der Waals surface area (Å²) in [5.74, 6) is 0.0129. The van der Waals surface area contributed by atoms with Crippen molar-refractivity contribution in [3.05, 3.63) is 35.9 Å². The summed E-state index contributed by atoms with van der Waals surface area (Å²) in [7, 11) is 2.18. The number of likely N-dealkylation sites (N-methyl/N-ethyl adjacent to an activating group) is 1. The summed E-state index contributed by atoms with van der Waals surface area (Å²) in [6.07, 6.45) is 2.34. The number of hydrogen-bond donors (Lipinski definition) is 2. The van der Waals surface area contributed by atoms with Gasteiger partial charge in [0.05, 0.1) is 6.10 Å². The SMILES string of the molecule is CN1CCN(CCCNC(=O)[C@@H]2CC[C@H](CN)O2)C(c2ccccc2)C1. The molecule has 0 bridgehead atoms. The predicted molar refractivity (Wildman–Crippen MR) is 103 cm³/mol. The first-order chi connectivity index (χ1) is 12.7. The van der Waals surface area contributed by atoms with Gasteiger partial charge in [-0.25, -0.2) is 0 Å². The van der Waals surface area contributed by atoms with Gasteiger partial charge in [0.25, 0.3) is 0 Å². The fourth-order valence-electron chi connectivity index (χ4n) is 3.90. The molecule has 1 aromatic rings. The van der Waals surface area contributed by atoms with Crippen molar-refractivity contribution in [1.82, 2.24) is 15.1 Å². The van der Waals surface area contributed by atoms with E-state index in [2.05, 4.69) is 52.5 Å². The maximum Gasteiger partial charge on any atom is 0.249 e. The largest absolute Gasteiger partial charge is 0.364 e. The molecule has 26 heavy (non-hydrogen) atoms. The topological polar surface area (TPSA) is 70.8 Å². The number of ether oxygens (including phenoxy) is 1. The number of carbonyl (C=O) groups is 1. The lowest BCUT2D eigenvalue weighted by molar-refractivity contribution is -0.131. The molecule has 0 spiro atoms. The number of nitrogens with zero attached hydrogens (tertiary/aromatic N) is 2. The predicted octanol–water partition coefficient (Wildman–Crippen LogP) is 0.988. The minimum atomic E-state index is -0.316. The molecular formula is C20H32N4O2. The van der Waals surface area contributed by atoms with Gasteiger partial charge in [0.2, 0.25) is 5.91 Å². The van der Waals surface area contributed by atoms with Gasteiger partial charge in [-0.05, 0) is 31.9 Å². The third-order valence-electron chi connectivity index (χ3n) is 5.46. The van der Waals surface area contributed by atoms with Crippen LogP contribution in [-0.4, -0.2) is 74.2 Å². The van der Waals surface area contributed by atoms with Crippen LogP contribution in [0, 0.1) is 0 Å². The van der Waals surface area contributed by atoms with E-state index in [1.165, 1.54) is 5.56 Å². The number of rotatable bonds is 7. The zero-order valence-electron chi connectivity index (χ0n) is 15.8. The molecule has 1 unspecified atom stereocenters. The van der Waals surface area contributed by atoms with Gasteiger partial charge < -0.3 is 20.7 Å². The maximum atomic E-state index is 12.2. The lowest BCUT2D eigenvalue weighted by Crippen LogP contribution is -2.47. The average molecular weight is 361 g/mol. The highest BCUT2D eigenvalue weighted by Gasteiger charge is 2.30. The van der Waals surface area contributed by atoms with E-state index in [0.717, 1.165) is 45.4 Å². The number of nitrogens with two attached hydrogens (primary N) is 1. The van der Waals surface area contributed by atoms with Crippen molar-refractivity contribution >= 4 is 5.91 Å². The van der Waals surface area contributed by atoms with Crippen LogP contribution in [0.2, 0.25) is 0 Å². The minimum Gasteiger partial charge on any atom is -0.364 e. The van der Waals surface area contributed by atoms with Crippen LogP contribution < -0.4 is 11.1 Å². The van der Waals surface area contributed by atoms with E-state index < -0.39 is 0 Å². The highest BCUT2D eigenvalue weighted by Crippen LogP contribution is 2.24. The third-order valence-corrected chi connectivity index (χ3v) is 5.46. The van der Waals surface area contributed by atoms with E-state index in [4.69, 9.17) is 10.5 Å². The Bertz CT molecular complexity index is 568. The molecule has 2 heterocycles. The van der Waals surface area contributed by atoms with Gasteiger partial charge in [-0.3, -0.25) is 9.69 Å². The van der Waals surface area contributed by atoms with Crippen LogP contribution in [0.3, 0.4) is 0 Å². The lowest BCUT2D eigenvalue weighted by Gasteiger charge is -2.40. The molecule has 144 valence electrons. The van der Waals surface area contributed by atoms with Crippen LogP contribution in [0.1, 0.15) is 30.9 Å². The second-order valence-corrected chi connectivity index (χ2v) is 7.43. The Morgan fingerprint density at radius 3 is 2.81 bits per heavy atom. The molecule has 1 amide bonds. The second kappa shape index (κ2) is 9.46. The molecule has 2 saturated heterocycles. The molecule has 3 atom stereocenters. The summed E-state index contributed by atoms with van der Waals surface area (Å²) in [5.41, 5.74) is 6.98. The normalized spacial score (nSPS) is 27.5. The number of hydrogen-bond acceptors (Lipinski definition) is 5. The third kappa shape index (κ3) is 5.04. The van der Waals surface area contributed by atoms with Gasteiger partial charge in [0.15, 0.2) is 0 Å². The van der Waals surface area contributed by atoms with Crippen LogP contribution >= 0.6 is 0 Å². The van der Waals surface area contributed by atoms with Crippen molar-refractivity contribution < 1.29 is 9.53 Å². The summed E-state index contributed by atoms with van der Waals surface area (Å²) >= 11 is 0. The first kappa shape index (κ1) is 19.3. The molecule has 0 aliphatic carbocycles. The summed E-state index contributed by atoms with van der Waals surface area (Å²) in [5, 5.41) is 3.03. The molecule has 6 heteroatoms. The minimum absolute atomic E-state index is 0.0129. The van der Waals surface area contributed by atoms with Crippen LogP contribution in [0.25, 0.3) is 0 Å². The van der Waals surface area contributed by atoms with Crippen LogP contribution in [-0.2, 0) is 9.53 Å². The van der Waals surface area contributed by atoms with E-state index in [-0.39, 0.29) is 18.1 Å². The quantitative estimate of drug-likeness (QED) is 0.710. The van der Waals surface area contributed by atoms with Crippen molar-refractivity contribution in [2.75, 3.05) is 46.3 Å². The van der Waals surface area contributed by atoms with E-state index in [9.17, 15) is 4.79 Å². The van der Waals surface area contributed by atoms with Crippen LogP contribution in [0.4, 0.5) is 0 Å². The fourth-order valence-corrected chi connectivity index (χ4v) is 3.90. The summed E-state index contributed by atoms with van der Waals surface area (Å²) in [6.45, 7) is 5.38. The molecular weight excluding hydrogens is 328 g/mol. The molecule has 3 N–H and O–H groups in total. The van der Waals surface area contributed by atoms with E-state index in [1.54, 1.807) is 0 Å². The Morgan fingerprint density at radius 2 is 2.08 bits per heavy atom. The van der Waals surface area contributed by atoms with Crippen molar-refractivity contribution in [1.29, 1.82) is 0 Å². The zero-order valence-corrected chi connectivity index (χ0v) is 15.8. The van der Waals surface area contributed by atoms with Gasteiger partial charge in [-0.2, -0.15) is 0 Å². The van der Waals surface area contributed by atoms with Crippen molar-refractivity contribution in [3.8, 4) is 0 Å². The first-order valence-electron chi connectivity index (χ1n) is 9.78. The maximum absolute atomic E-state index is 12.2. The standard InChI is InChI=1S/C20H32N4O2/c1-23-12-13-24(18(15-23)16-6-3-2-4-7-16)11-5-10-22-20(25)19-9-8-17(14-21)26-19/h2-4,6-7,17-19H,5,8-15,21H2,1H3,(H,22,25)/t17-,18?,19+/m1/s1. The summed E-state index contributed by atoms with van der Waals surface area (Å²) in [6, 6.07) is 11.1. The van der Waals surface area contributed by atoms with Crippen LogP contribution in [0.15, 0.2) is 30.3 Å². The van der Waals surface area contributed by atoms with Crippen molar-refractivity contribution in [2.24, 2.45) is 5.73 Å². The van der Waals surface area contributed by atoms with Gasteiger partial charge in [-0.1, -0.05) is 30.3 Å². The van der Waals surface area contributed by atoms with Gasteiger partial charge in [0.1, 0.15) is 6.10 Å². The highest BCUT2D eigenvalue weighted by molar-refractivity contribution is 5.80. The second-order valence-electron chi connectivity index (χ2n) is 7.43. The molecule has 2 aliphatic rings. The number of carbonyl (C=O) groups excluding carboxylic acids is 1. The van der Waals surface area contributed by atoms with Crippen LogP contribution in [0.5, 0.6) is 0 Å². The fraction of sp³-hybridized carbons (Fsp3) is 0.650. The van der Waals surface area contributed by atoms with Crippen molar-refractivity contribution in [3.63, 3.8) is 0 Å². The average Bonchev–Trinajstić information content (AvgIpc) is 3.16. The van der Waals surface area contributed by atoms with Crippen molar-refractivity contribution in [2.45, 2.75) is 37.5 Å². The Kier molecular flexibility index (Phi) is 7.02. The Labute approximate surface area is 156 Å². The molecule has 0 saturated carbocycles. The first-order valence-corrected chi connectivity index (χ1v) is 9.78. The molecule has 6 nitrogen and oxygen atoms in total. The number of piperazine rings is 1. The lowest BCUT2D eigenvalue weighted by atomic mass is 10.0. The van der Waals surface area contributed by atoms with Gasteiger partial charge in [-0.15, -0.1) is 0 Å². The number of nitrogens with one attached hydrogen (secondary N) is 1. The molecule has 2 aliphatic heterocycles. The van der Waals surface area contributed by atoms with Gasteiger partial charge >= 0.3 is 0 Å². The molecule has 0 radical (unpaired) electrons. The van der Waals surface area contributed by atoms with Gasteiger partial charge in [0, 0.05) is 45.3 Å².